The first-order valence-electron chi connectivity index (χ1n) is 15.5. The lowest BCUT2D eigenvalue weighted by Gasteiger charge is -2.38. The molecule has 1 aromatic heterocycles. The van der Waals surface area contributed by atoms with E-state index < -0.39 is 19.9 Å². The number of aromatic nitrogens is 1. The number of hydrogen-bond donors (Lipinski definition) is 2. The lowest BCUT2D eigenvalue weighted by Crippen LogP contribution is -2.49. The van der Waals surface area contributed by atoms with Crippen molar-refractivity contribution in [3.8, 4) is 11.1 Å². The molecule has 1 amide bonds. The highest BCUT2D eigenvalue weighted by atomic mass is 28.4. The average Bonchev–Trinajstić information content (AvgIpc) is 3.67. The maximum absolute atomic E-state index is 14.4. The van der Waals surface area contributed by atoms with E-state index >= 15 is 0 Å². The van der Waals surface area contributed by atoms with Crippen molar-refractivity contribution in [3.63, 3.8) is 0 Å². The lowest BCUT2D eigenvalue weighted by molar-refractivity contribution is -0.134. The van der Waals surface area contributed by atoms with Crippen molar-refractivity contribution in [2.45, 2.75) is 96.7 Å². The fourth-order valence-electron chi connectivity index (χ4n) is 5.87. The molecule has 3 heterocycles. The topological polar surface area (TPSA) is 92.0 Å². The van der Waals surface area contributed by atoms with Crippen LogP contribution in [0, 0.1) is 18.7 Å². The van der Waals surface area contributed by atoms with E-state index in [1.54, 1.807) is 12.1 Å². The van der Waals surface area contributed by atoms with Crippen molar-refractivity contribution in [1.29, 1.82) is 0 Å². The molecule has 0 aliphatic carbocycles. The first-order valence-corrected chi connectivity index (χ1v) is 18.4. The van der Waals surface area contributed by atoms with Crippen molar-refractivity contribution in [3.05, 3.63) is 77.4 Å². The van der Waals surface area contributed by atoms with Gasteiger partial charge in [-0.2, -0.15) is 0 Å². The molecule has 1 fully saturated rings. The maximum atomic E-state index is 14.4. The van der Waals surface area contributed by atoms with E-state index in [0.717, 1.165) is 16.8 Å². The molecule has 0 spiro atoms. The highest BCUT2D eigenvalue weighted by Gasteiger charge is 2.48. The van der Waals surface area contributed by atoms with Crippen molar-refractivity contribution >= 4 is 20.1 Å². The summed E-state index contributed by atoms with van der Waals surface area (Å²) in [7, 11) is -2.10. The average molecular weight is 620 g/mol. The van der Waals surface area contributed by atoms with Crippen molar-refractivity contribution in [1.82, 2.24) is 20.9 Å². The molecule has 0 radical (unpaired) electrons. The second-order valence-electron chi connectivity index (χ2n) is 14.2. The summed E-state index contributed by atoms with van der Waals surface area (Å²) in [6.07, 6.45) is 0.513. The number of carbonyl (C=O) groups is 1. The van der Waals surface area contributed by atoms with Crippen LogP contribution in [0.5, 0.6) is 0 Å². The van der Waals surface area contributed by atoms with Crippen molar-refractivity contribution in [2.24, 2.45) is 10.9 Å². The molecule has 3 aromatic rings. The van der Waals surface area contributed by atoms with E-state index in [1.807, 2.05) is 69.0 Å². The number of nitrogens with zero attached hydrogens (tertiary/aromatic N) is 3. The normalized spacial score (nSPS) is 23.2. The first-order chi connectivity index (χ1) is 20.6. The molecule has 4 atom stereocenters. The summed E-state index contributed by atoms with van der Waals surface area (Å²) in [6, 6.07) is 16.1. The quantitative estimate of drug-likeness (QED) is 0.267. The Morgan fingerprint density at radius 3 is 2.43 bits per heavy atom. The molecule has 5 rings (SSSR count). The summed E-state index contributed by atoms with van der Waals surface area (Å²) in [4.78, 5) is 21.4. The molecule has 0 saturated carbocycles. The largest absolute Gasteiger partial charge is 0.412 e. The number of aryl methyl sites for hydroxylation is 1. The molecule has 2 aliphatic rings. The summed E-state index contributed by atoms with van der Waals surface area (Å²) >= 11 is 0. The third kappa shape index (κ3) is 6.25. The minimum atomic E-state index is -2.10. The van der Waals surface area contributed by atoms with E-state index in [1.165, 1.54) is 6.07 Å². The van der Waals surface area contributed by atoms with Gasteiger partial charge in [0.25, 0.3) is 0 Å². The number of halogens is 1. The van der Waals surface area contributed by atoms with Gasteiger partial charge in [0, 0.05) is 24.6 Å². The van der Waals surface area contributed by atoms with Crippen LogP contribution >= 0.6 is 0 Å². The van der Waals surface area contributed by atoms with Gasteiger partial charge in [-0.1, -0.05) is 82.2 Å². The van der Waals surface area contributed by atoms with Gasteiger partial charge < -0.3 is 19.3 Å². The summed E-state index contributed by atoms with van der Waals surface area (Å²) < 4.78 is 26.9. The third-order valence-electron chi connectivity index (χ3n) is 9.42. The molecule has 2 unspecified atom stereocenters. The Morgan fingerprint density at radius 1 is 1.16 bits per heavy atom. The van der Waals surface area contributed by atoms with Gasteiger partial charge in [0.15, 0.2) is 14.0 Å². The van der Waals surface area contributed by atoms with Crippen LogP contribution in [-0.2, 0) is 14.9 Å². The summed E-state index contributed by atoms with van der Waals surface area (Å²) in [5.74, 6) is 0.525. The standard InChI is InChI=1S/C34H46FN5O3Si/c1-21(2)30(29-18-22(3)38-42-29)32(41)40-20-25(43-44(8,9)33(4,5)6)19-28(40)31-36-34(7,39-37-31)24-16-14-23(15-17-24)26-12-10-11-13-27(26)35/h10-18,21,25,28,30,39H,19-20H2,1-9H3,(H,36,37)/t25-,28+,30?,34?/m1/s1. The predicted molar refractivity (Wildman–Crippen MR) is 174 cm³/mol. The van der Waals surface area contributed by atoms with E-state index in [4.69, 9.17) is 13.9 Å². The minimum Gasteiger partial charge on any atom is -0.412 e. The number of amidine groups is 1. The van der Waals surface area contributed by atoms with Crippen LogP contribution in [0.2, 0.25) is 18.1 Å². The zero-order chi connectivity index (χ0) is 32.0. The van der Waals surface area contributed by atoms with Gasteiger partial charge in [-0.3, -0.25) is 4.79 Å². The Bertz CT molecular complexity index is 1530. The Labute approximate surface area is 261 Å². The smallest absolute Gasteiger partial charge is 0.234 e. The van der Waals surface area contributed by atoms with Crippen LogP contribution in [0.3, 0.4) is 0 Å². The van der Waals surface area contributed by atoms with Crippen LogP contribution in [0.1, 0.15) is 70.9 Å². The van der Waals surface area contributed by atoms with Crippen LogP contribution in [0.25, 0.3) is 11.1 Å². The number of carbonyl (C=O) groups excluding carboxylic acids is 1. The summed E-state index contributed by atoms with van der Waals surface area (Å²) in [5.41, 5.74) is 8.91. The number of amides is 1. The zero-order valence-corrected chi connectivity index (χ0v) is 28.4. The number of likely N-dealkylation sites (tertiary alicyclic amines) is 1. The Morgan fingerprint density at radius 2 is 1.84 bits per heavy atom. The Kier molecular flexibility index (Phi) is 8.65. The van der Waals surface area contributed by atoms with Crippen LogP contribution in [0.15, 0.2) is 64.1 Å². The SMILES string of the molecule is Cc1cc(C(C(=O)N2C[C@H](O[Si](C)(C)C(C)(C)C)C[C@H]2C2=NC(C)(c3ccc(-c4ccccc4F)cc3)NN2)C(C)C)on1. The lowest BCUT2D eigenvalue weighted by atomic mass is 9.91. The molecular formula is C34H46FN5O3Si. The van der Waals surface area contributed by atoms with Gasteiger partial charge in [-0.05, 0) is 55.1 Å². The third-order valence-corrected chi connectivity index (χ3v) is 14.0. The van der Waals surface area contributed by atoms with E-state index in [9.17, 15) is 9.18 Å². The predicted octanol–water partition coefficient (Wildman–Crippen LogP) is 6.90. The minimum absolute atomic E-state index is 0.00527. The second kappa shape index (κ2) is 11.9. The monoisotopic (exact) mass is 619 g/mol. The molecule has 2 aliphatic heterocycles. The second-order valence-corrected chi connectivity index (χ2v) is 19.0. The Balaban J connectivity index is 1.45. The van der Waals surface area contributed by atoms with Gasteiger partial charge in [0.05, 0.1) is 17.8 Å². The van der Waals surface area contributed by atoms with Crippen molar-refractivity contribution in [2.75, 3.05) is 6.54 Å². The van der Waals surface area contributed by atoms with Gasteiger partial charge in [-0.15, -0.1) is 0 Å². The van der Waals surface area contributed by atoms with Gasteiger partial charge in [-0.25, -0.2) is 14.8 Å². The molecule has 2 aromatic carbocycles. The van der Waals surface area contributed by atoms with Crippen molar-refractivity contribution < 1.29 is 18.1 Å². The number of hydrogen-bond acceptors (Lipinski definition) is 7. The highest BCUT2D eigenvalue weighted by Crippen LogP contribution is 2.40. The molecule has 236 valence electrons. The van der Waals surface area contributed by atoms with Gasteiger partial charge in [0.1, 0.15) is 23.3 Å². The molecule has 1 saturated heterocycles. The Hall–Kier alpha value is -3.34. The molecule has 44 heavy (non-hydrogen) atoms. The highest BCUT2D eigenvalue weighted by molar-refractivity contribution is 6.74. The molecular weight excluding hydrogens is 573 g/mol. The molecule has 10 heteroatoms. The van der Waals surface area contributed by atoms with Crippen LogP contribution in [0.4, 0.5) is 4.39 Å². The van der Waals surface area contributed by atoms with Gasteiger partial charge >= 0.3 is 0 Å². The summed E-state index contributed by atoms with van der Waals surface area (Å²) in [6.45, 7) is 19.6. The zero-order valence-electron chi connectivity index (χ0n) is 27.4. The van der Waals surface area contributed by atoms with Crippen LogP contribution in [-0.4, -0.2) is 48.8 Å². The number of hydrazine groups is 1. The van der Waals surface area contributed by atoms with Gasteiger partial charge in [0.2, 0.25) is 5.91 Å². The van der Waals surface area contributed by atoms with E-state index in [2.05, 4.69) is 49.9 Å². The van der Waals surface area contributed by atoms with E-state index in [0.29, 0.717) is 30.1 Å². The molecule has 0 bridgehead atoms. The summed E-state index contributed by atoms with van der Waals surface area (Å²) in [5, 5.41) is 4.10. The number of rotatable bonds is 8. The number of aliphatic imine (C=N–C) groups is 1. The number of nitrogens with one attached hydrogen (secondary N) is 2. The molecule has 8 nitrogen and oxygen atoms in total. The fraction of sp³-hybridized carbons (Fsp3) is 0.500. The maximum Gasteiger partial charge on any atom is 0.234 e. The molecule has 2 N–H and O–H groups in total. The van der Waals surface area contributed by atoms with Crippen LogP contribution < -0.4 is 10.9 Å². The first kappa shape index (κ1) is 32.1. The number of benzene rings is 2. The van der Waals surface area contributed by atoms with E-state index in [-0.39, 0.29) is 34.8 Å². The fourth-order valence-corrected chi connectivity index (χ4v) is 7.23.